The first-order valence-electron chi connectivity index (χ1n) is 9.47. The summed E-state index contributed by atoms with van der Waals surface area (Å²) in [6.07, 6.45) is 0. The Bertz CT molecular complexity index is 888. The maximum Gasteiger partial charge on any atom is 0.311 e. The normalized spacial score (nSPS) is 17.2. The molecule has 1 aliphatic rings. The number of nitro groups is 1. The fraction of sp³-hybridized carbons (Fsp3) is 0.381. The van der Waals surface area contributed by atoms with Crippen LogP contribution in [0, 0.1) is 22.9 Å². The number of amides is 1. The van der Waals surface area contributed by atoms with E-state index >= 15 is 0 Å². The fourth-order valence-electron chi connectivity index (χ4n) is 3.51. The van der Waals surface area contributed by atoms with Crippen molar-refractivity contribution in [2.75, 3.05) is 26.2 Å². The molecule has 0 bridgehead atoms. The molecule has 2 aromatic carbocycles. The Kier molecular flexibility index (Phi) is 6.43. The maximum absolute atomic E-state index is 13.0. The number of ether oxygens (including phenoxy) is 1. The topological polar surface area (TPSA) is 75.9 Å². The van der Waals surface area contributed by atoms with Crippen LogP contribution in [-0.4, -0.2) is 52.9 Å². The molecule has 0 aromatic heterocycles. The van der Waals surface area contributed by atoms with Gasteiger partial charge in [0, 0.05) is 38.3 Å². The van der Waals surface area contributed by atoms with E-state index in [9.17, 15) is 19.3 Å². The van der Waals surface area contributed by atoms with Crippen LogP contribution in [0.2, 0.25) is 0 Å². The van der Waals surface area contributed by atoms with Crippen molar-refractivity contribution < 1.29 is 18.8 Å². The lowest BCUT2D eigenvalue weighted by molar-refractivity contribution is -0.385. The van der Waals surface area contributed by atoms with E-state index in [2.05, 4.69) is 4.90 Å². The molecule has 1 heterocycles. The predicted octanol–water partition coefficient (Wildman–Crippen LogP) is 3.15. The predicted molar refractivity (Wildman–Crippen MR) is 106 cm³/mol. The molecule has 1 saturated heterocycles. The Morgan fingerprint density at radius 2 is 1.97 bits per heavy atom. The Morgan fingerprint density at radius 1 is 1.24 bits per heavy atom. The zero-order valence-electron chi connectivity index (χ0n) is 16.5. The van der Waals surface area contributed by atoms with E-state index < -0.39 is 4.92 Å². The SMILES string of the molecule is Cc1ccc(OCC(=O)N2CCN(Cc3ccc(F)cc3)C[C@H]2C)c([N+](=O)[O-])c1. The van der Waals surface area contributed by atoms with Crippen molar-refractivity contribution in [3.63, 3.8) is 0 Å². The molecular weight excluding hydrogens is 377 g/mol. The van der Waals surface area contributed by atoms with Crippen molar-refractivity contribution in [3.05, 3.63) is 69.5 Å². The van der Waals surface area contributed by atoms with Crippen LogP contribution >= 0.6 is 0 Å². The first kappa shape index (κ1) is 20.7. The molecule has 29 heavy (non-hydrogen) atoms. The van der Waals surface area contributed by atoms with Gasteiger partial charge in [0.2, 0.25) is 0 Å². The van der Waals surface area contributed by atoms with Gasteiger partial charge in [-0.25, -0.2) is 4.39 Å². The van der Waals surface area contributed by atoms with Gasteiger partial charge < -0.3 is 9.64 Å². The van der Waals surface area contributed by atoms with Crippen LogP contribution in [0.1, 0.15) is 18.1 Å². The highest BCUT2D eigenvalue weighted by Gasteiger charge is 2.28. The van der Waals surface area contributed by atoms with E-state index in [4.69, 9.17) is 4.74 Å². The van der Waals surface area contributed by atoms with E-state index in [1.807, 2.05) is 6.92 Å². The minimum Gasteiger partial charge on any atom is -0.477 e. The van der Waals surface area contributed by atoms with E-state index in [1.54, 1.807) is 30.0 Å². The van der Waals surface area contributed by atoms with Crippen LogP contribution < -0.4 is 4.74 Å². The summed E-state index contributed by atoms with van der Waals surface area (Å²) in [6, 6.07) is 11.1. The average molecular weight is 401 g/mol. The highest BCUT2D eigenvalue weighted by molar-refractivity contribution is 5.78. The number of hydrogen-bond donors (Lipinski definition) is 0. The summed E-state index contributed by atoms with van der Waals surface area (Å²) in [5.41, 5.74) is 1.63. The lowest BCUT2D eigenvalue weighted by atomic mass is 10.1. The average Bonchev–Trinajstić information content (AvgIpc) is 2.68. The molecule has 3 rings (SSSR count). The molecule has 2 aromatic rings. The summed E-state index contributed by atoms with van der Waals surface area (Å²) < 4.78 is 18.5. The smallest absolute Gasteiger partial charge is 0.311 e. The van der Waals surface area contributed by atoms with E-state index in [0.29, 0.717) is 26.2 Å². The van der Waals surface area contributed by atoms with Crippen molar-refractivity contribution in [2.24, 2.45) is 0 Å². The Hall–Kier alpha value is -3.00. The molecule has 0 aliphatic carbocycles. The number of hydrogen-bond acceptors (Lipinski definition) is 5. The van der Waals surface area contributed by atoms with Crippen LogP contribution in [-0.2, 0) is 11.3 Å². The van der Waals surface area contributed by atoms with E-state index in [0.717, 1.165) is 11.1 Å². The van der Waals surface area contributed by atoms with Gasteiger partial charge in [0.25, 0.3) is 5.91 Å². The molecule has 0 unspecified atom stereocenters. The van der Waals surface area contributed by atoms with Crippen LogP contribution in [0.5, 0.6) is 5.75 Å². The maximum atomic E-state index is 13.0. The number of benzene rings is 2. The standard InChI is InChI=1S/C21H24FN3O4/c1-15-3-8-20(19(11-15)25(27)28)29-14-21(26)24-10-9-23(12-16(24)2)13-17-4-6-18(22)7-5-17/h3-8,11,16H,9-10,12-14H2,1-2H3/t16-/m1/s1. The van der Waals surface area contributed by atoms with Gasteiger partial charge in [0.05, 0.1) is 4.92 Å². The monoisotopic (exact) mass is 401 g/mol. The van der Waals surface area contributed by atoms with E-state index in [-0.39, 0.29) is 35.8 Å². The summed E-state index contributed by atoms with van der Waals surface area (Å²) in [4.78, 5) is 27.2. The molecule has 1 amide bonds. The second-order valence-corrected chi connectivity index (χ2v) is 7.31. The molecule has 0 radical (unpaired) electrons. The number of carbonyl (C=O) groups is 1. The molecule has 0 N–H and O–H groups in total. The third kappa shape index (κ3) is 5.29. The van der Waals surface area contributed by atoms with Crippen LogP contribution in [0.3, 0.4) is 0 Å². The third-order valence-corrected chi connectivity index (χ3v) is 5.01. The number of rotatable bonds is 6. The summed E-state index contributed by atoms with van der Waals surface area (Å²) in [5, 5.41) is 11.2. The van der Waals surface area contributed by atoms with Gasteiger partial charge in [0.1, 0.15) is 5.82 Å². The number of aryl methyl sites for hydroxylation is 1. The molecular formula is C21H24FN3O4. The lowest BCUT2D eigenvalue weighted by Crippen LogP contribution is -2.54. The van der Waals surface area contributed by atoms with Crippen molar-refractivity contribution in [1.29, 1.82) is 0 Å². The minimum absolute atomic E-state index is 0.0201. The van der Waals surface area contributed by atoms with Crippen molar-refractivity contribution in [2.45, 2.75) is 26.4 Å². The third-order valence-electron chi connectivity index (χ3n) is 5.01. The van der Waals surface area contributed by atoms with Gasteiger partial charge >= 0.3 is 5.69 Å². The first-order valence-corrected chi connectivity index (χ1v) is 9.47. The number of nitro benzene ring substituents is 1. The quantitative estimate of drug-likeness (QED) is 0.549. The van der Waals surface area contributed by atoms with Gasteiger partial charge in [-0.15, -0.1) is 0 Å². The number of nitrogens with zero attached hydrogens (tertiary/aromatic N) is 3. The highest BCUT2D eigenvalue weighted by Crippen LogP contribution is 2.27. The zero-order valence-corrected chi connectivity index (χ0v) is 16.5. The first-order chi connectivity index (χ1) is 13.8. The lowest BCUT2D eigenvalue weighted by Gasteiger charge is -2.39. The van der Waals surface area contributed by atoms with E-state index in [1.165, 1.54) is 24.3 Å². The van der Waals surface area contributed by atoms with Crippen LogP contribution in [0.4, 0.5) is 10.1 Å². The molecule has 1 atom stereocenters. The van der Waals surface area contributed by atoms with Crippen molar-refractivity contribution >= 4 is 11.6 Å². The summed E-state index contributed by atoms with van der Waals surface area (Å²) in [6.45, 7) is 6.09. The zero-order chi connectivity index (χ0) is 21.0. The van der Waals surface area contributed by atoms with Crippen LogP contribution in [0.15, 0.2) is 42.5 Å². The van der Waals surface area contributed by atoms with Gasteiger partial charge in [-0.1, -0.05) is 18.2 Å². The van der Waals surface area contributed by atoms with Crippen LogP contribution in [0.25, 0.3) is 0 Å². The molecule has 0 saturated carbocycles. The Labute approximate surface area is 168 Å². The molecule has 0 spiro atoms. The second-order valence-electron chi connectivity index (χ2n) is 7.31. The van der Waals surface area contributed by atoms with Gasteiger partial charge in [-0.3, -0.25) is 19.8 Å². The number of piperazine rings is 1. The molecule has 1 aliphatic heterocycles. The second kappa shape index (κ2) is 9.00. The van der Waals surface area contributed by atoms with Gasteiger partial charge in [-0.05, 0) is 43.2 Å². The minimum atomic E-state index is -0.510. The summed E-state index contributed by atoms with van der Waals surface area (Å²) in [7, 11) is 0. The summed E-state index contributed by atoms with van der Waals surface area (Å²) in [5.74, 6) is -0.364. The number of carbonyl (C=O) groups excluding carboxylic acids is 1. The highest BCUT2D eigenvalue weighted by atomic mass is 19.1. The Balaban J connectivity index is 1.55. The molecule has 7 nitrogen and oxygen atoms in total. The number of halogens is 1. The Morgan fingerprint density at radius 3 is 2.62 bits per heavy atom. The summed E-state index contributed by atoms with van der Waals surface area (Å²) >= 11 is 0. The largest absolute Gasteiger partial charge is 0.477 e. The van der Waals surface area contributed by atoms with Crippen molar-refractivity contribution in [1.82, 2.24) is 9.80 Å². The van der Waals surface area contributed by atoms with Gasteiger partial charge in [-0.2, -0.15) is 0 Å². The molecule has 8 heteroatoms. The molecule has 1 fully saturated rings. The molecule has 154 valence electrons. The van der Waals surface area contributed by atoms with Gasteiger partial charge in [0.15, 0.2) is 12.4 Å². The fourth-order valence-corrected chi connectivity index (χ4v) is 3.51. The van der Waals surface area contributed by atoms with Crippen molar-refractivity contribution in [3.8, 4) is 5.75 Å².